The Bertz CT molecular complexity index is 323. The van der Waals surface area contributed by atoms with Crippen LogP contribution in [0.25, 0.3) is 10.9 Å². The van der Waals surface area contributed by atoms with E-state index in [0.29, 0.717) is 0 Å². The molecule has 1 aromatic heterocycles. The number of halogens is 1. The molecule has 0 aliphatic heterocycles. The molecule has 1 aromatic carbocycles. The van der Waals surface area contributed by atoms with Crippen LogP contribution in [0.1, 0.15) is 0 Å². The maximum atomic E-state index is 4.23. The molecule has 0 aliphatic rings. The first-order chi connectivity index (χ1) is 4.86. The maximum absolute atomic E-state index is 4.23. The Hall–Kier alpha value is 0.240. The summed E-state index contributed by atoms with van der Waals surface area (Å²) in [5.41, 5.74) is 1.05. The van der Waals surface area contributed by atoms with Crippen molar-refractivity contribution in [3.8, 4) is 0 Å². The minimum atomic E-state index is 0. The number of aromatic nitrogens is 1. The number of hydrogen-bond donors (Lipinski definition) is 0. The Labute approximate surface area is 95.6 Å². The number of benzene rings is 1. The summed E-state index contributed by atoms with van der Waals surface area (Å²) in [6.45, 7) is 0. The number of hydrogen-bond acceptors (Lipinski definition) is 0. The summed E-state index contributed by atoms with van der Waals surface area (Å²) in [6.07, 6.45) is 0. The molecular weight excluding hydrogens is 213 g/mol. The van der Waals surface area contributed by atoms with Gasteiger partial charge in [0, 0.05) is 0 Å². The van der Waals surface area contributed by atoms with Crippen molar-refractivity contribution < 1.29 is 29.6 Å². The predicted octanol–water partition coefficient (Wildman–Crippen LogP) is -0.437. The third kappa shape index (κ3) is 1.88. The molecule has 0 N–H and O–H groups in total. The first kappa shape index (κ1) is 9.33. The monoisotopic (exact) mass is 217 g/mol. The molecule has 1 heterocycles. The molecule has 0 bridgehead atoms. The largest absolute Gasteiger partial charge is 1.00 e. The third-order valence-electron chi connectivity index (χ3n) is 1.44. The molecule has 2 rings (SSSR count). The number of rotatable bonds is 0. The molecule has 3 heteroatoms. The van der Waals surface area contributed by atoms with Crippen molar-refractivity contribution >= 4 is 26.8 Å². The predicted molar refractivity (Wildman–Crippen MR) is 45.0 cm³/mol. The first-order valence-electron chi connectivity index (χ1n) is 3.04. The normalized spacial score (nSPS) is 9.55. The molecule has 0 radical (unpaired) electrons. The van der Waals surface area contributed by atoms with Crippen LogP contribution in [-0.2, 0) is 0 Å². The van der Waals surface area contributed by atoms with Gasteiger partial charge in [0.05, 0.1) is 0 Å². The summed E-state index contributed by atoms with van der Waals surface area (Å²) in [5, 5.41) is 1.19. The van der Waals surface area contributed by atoms with Gasteiger partial charge in [-0.2, -0.15) is 0 Å². The number of para-hydroxylation sites is 1. The fraction of sp³-hybridized carbons (Fsp3) is 0. The van der Waals surface area contributed by atoms with Crippen molar-refractivity contribution in [1.82, 2.24) is 4.98 Å². The Balaban J connectivity index is 0.000000605. The third-order valence-corrected chi connectivity index (χ3v) is 1.84. The molecule has 0 aliphatic carbocycles. The summed E-state index contributed by atoms with van der Waals surface area (Å²) in [5.74, 6) is 0. The van der Waals surface area contributed by atoms with Gasteiger partial charge >= 0.3 is 29.6 Å². The quantitative estimate of drug-likeness (QED) is 0.547. The van der Waals surface area contributed by atoms with Gasteiger partial charge in [-0.15, -0.1) is 5.52 Å². The van der Waals surface area contributed by atoms with Crippen LogP contribution in [0.2, 0.25) is 0 Å². The van der Waals surface area contributed by atoms with E-state index in [4.69, 9.17) is 0 Å². The molecule has 0 saturated heterocycles. The van der Waals surface area contributed by atoms with Gasteiger partial charge in [0.1, 0.15) is 0 Å². The van der Waals surface area contributed by atoms with Gasteiger partial charge in [0.25, 0.3) is 0 Å². The van der Waals surface area contributed by atoms with Crippen molar-refractivity contribution in [2.24, 2.45) is 0 Å². The van der Waals surface area contributed by atoms with Gasteiger partial charge in [-0.1, -0.05) is 50.9 Å². The van der Waals surface area contributed by atoms with Crippen LogP contribution >= 0.6 is 15.9 Å². The molecule has 0 atom stereocenters. The van der Waals surface area contributed by atoms with Gasteiger partial charge in [-0.25, -0.2) is 0 Å². The second kappa shape index (κ2) is 3.76. The first-order valence-corrected chi connectivity index (χ1v) is 3.83. The van der Waals surface area contributed by atoms with E-state index >= 15 is 0 Å². The van der Waals surface area contributed by atoms with Crippen molar-refractivity contribution in [2.75, 3.05) is 0 Å². The summed E-state index contributed by atoms with van der Waals surface area (Å²) in [4.78, 5) is 4.23. The van der Waals surface area contributed by atoms with E-state index < -0.39 is 0 Å². The van der Waals surface area contributed by atoms with E-state index in [0.717, 1.165) is 10.1 Å². The SMILES string of the molecule is Brc1cc2ccccc2[n-]1.[Na+]. The molecule has 0 unspecified atom stereocenters. The van der Waals surface area contributed by atoms with Crippen molar-refractivity contribution in [3.63, 3.8) is 0 Å². The molecule has 2 aromatic rings. The van der Waals surface area contributed by atoms with Crippen LogP contribution in [0.4, 0.5) is 0 Å². The summed E-state index contributed by atoms with van der Waals surface area (Å²) in [6, 6.07) is 10.1. The van der Waals surface area contributed by atoms with Crippen molar-refractivity contribution in [3.05, 3.63) is 34.9 Å². The average Bonchev–Trinajstić information content (AvgIpc) is 2.27. The molecule has 0 spiro atoms. The number of nitrogens with zero attached hydrogens (tertiary/aromatic N) is 1. The van der Waals surface area contributed by atoms with Crippen LogP contribution in [0.15, 0.2) is 34.9 Å². The van der Waals surface area contributed by atoms with Gasteiger partial charge in [0.2, 0.25) is 0 Å². The second-order valence-corrected chi connectivity index (χ2v) is 2.95. The van der Waals surface area contributed by atoms with Crippen molar-refractivity contribution in [2.45, 2.75) is 0 Å². The standard InChI is InChI=1S/C8H5BrN.Na/c9-8-5-6-3-1-2-4-7(6)10-8;/h1-5H;/q-1;+1. The molecule has 50 valence electrons. The summed E-state index contributed by atoms with van der Waals surface area (Å²) >= 11 is 3.31. The smallest absolute Gasteiger partial charge is 0.651 e. The Kier molecular flexibility index (Phi) is 3.19. The Morgan fingerprint density at radius 2 is 1.91 bits per heavy atom. The van der Waals surface area contributed by atoms with E-state index in [1.807, 2.05) is 30.3 Å². The van der Waals surface area contributed by atoms with Crippen molar-refractivity contribution in [1.29, 1.82) is 0 Å². The summed E-state index contributed by atoms with van der Waals surface area (Å²) < 4.78 is 0.911. The number of fused-ring (bicyclic) bond motifs is 1. The zero-order valence-corrected chi connectivity index (χ0v) is 9.80. The molecule has 11 heavy (non-hydrogen) atoms. The Morgan fingerprint density at radius 1 is 1.18 bits per heavy atom. The van der Waals surface area contributed by atoms with E-state index in [-0.39, 0.29) is 29.6 Å². The van der Waals surface area contributed by atoms with Crippen LogP contribution < -0.4 is 34.5 Å². The van der Waals surface area contributed by atoms with Gasteiger partial charge < -0.3 is 4.98 Å². The van der Waals surface area contributed by atoms with Gasteiger partial charge in [-0.3, -0.25) is 0 Å². The average molecular weight is 218 g/mol. The zero-order valence-electron chi connectivity index (χ0n) is 6.21. The zero-order chi connectivity index (χ0) is 6.97. The molecule has 0 fully saturated rings. The van der Waals surface area contributed by atoms with E-state index in [1.165, 1.54) is 5.39 Å². The molecule has 0 saturated carbocycles. The Morgan fingerprint density at radius 3 is 2.64 bits per heavy atom. The minimum absolute atomic E-state index is 0. The van der Waals surface area contributed by atoms with E-state index in [9.17, 15) is 0 Å². The summed E-state index contributed by atoms with van der Waals surface area (Å²) in [7, 11) is 0. The van der Waals surface area contributed by atoms with Crippen LogP contribution in [0, 0.1) is 0 Å². The van der Waals surface area contributed by atoms with Crippen LogP contribution in [0.3, 0.4) is 0 Å². The second-order valence-electron chi connectivity index (χ2n) is 2.14. The minimum Gasteiger partial charge on any atom is -0.651 e. The van der Waals surface area contributed by atoms with Gasteiger partial charge in [0.15, 0.2) is 0 Å². The van der Waals surface area contributed by atoms with Gasteiger partial charge in [-0.05, 0) is 5.39 Å². The van der Waals surface area contributed by atoms with Crippen LogP contribution in [-0.4, -0.2) is 0 Å². The fourth-order valence-corrected chi connectivity index (χ4v) is 1.42. The van der Waals surface area contributed by atoms with Crippen LogP contribution in [0.5, 0.6) is 0 Å². The molecule has 0 amide bonds. The molecule has 1 nitrogen and oxygen atoms in total. The van der Waals surface area contributed by atoms with E-state index in [1.54, 1.807) is 0 Å². The fourth-order valence-electron chi connectivity index (χ4n) is 0.987. The maximum Gasteiger partial charge on any atom is 1.00 e. The topological polar surface area (TPSA) is 14.1 Å². The molecular formula is C8H5BrNNa. The van der Waals surface area contributed by atoms with E-state index in [2.05, 4.69) is 20.9 Å².